The molecule has 0 atom stereocenters. The Balaban J connectivity index is 2.24. The van der Waals surface area contributed by atoms with E-state index in [1.54, 1.807) is 11.8 Å². The molecule has 0 aliphatic rings. The van der Waals surface area contributed by atoms with Gasteiger partial charge in [-0.05, 0) is 18.1 Å². The van der Waals surface area contributed by atoms with Crippen molar-refractivity contribution in [1.29, 1.82) is 5.26 Å². The molecule has 0 aliphatic carbocycles. The highest BCUT2D eigenvalue weighted by atomic mass is 32.2. The number of benzene rings is 2. The van der Waals surface area contributed by atoms with Crippen LogP contribution in [-0.4, -0.2) is 6.61 Å². The maximum Gasteiger partial charge on any atom is 0.171 e. The highest BCUT2D eigenvalue weighted by Crippen LogP contribution is 2.30. The molecule has 2 aromatic rings. The molecule has 0 saturated carbocycles. The lowest BCUT2D eigenvalue weighted by molar-refractivity contribution is 0.259. The second-order valence-electron chi connectivity index (χ2n) is 4.35. The maximum atomic E-state index is 9.47. The molecule has 0 aliphatic heterocycles. The van der Waals surface area contributed by atoms with Gasteiger partial charge in [0.15, 0.2) is 5.09 Å². The molecule has 2 nitrogen and oxygen atoms in total. The Hall–Kier alpha value is -2.18. The molecule has 0 N–H and O–H groups in total. The summed E-state index contributed by atoms with van der Waals surface area (Å²) >= 11 is 1.56. The van der Waals surface area contributed by atoms with Crippen molar-refractivity contribution in [2.24, 2.45) is 0 Å². The number of thioether (sulfide) groups is 1. The molecular formula is C18H17NOS. The van der Waals surface area contributed by atoms with Gasteiger partial charge < -0.3 is 4.74 Å². The molecule has 0 spiro atoms. The van der Waals surface area contributed by atoms with E-state index in [0.29, 0.717) is 17.3 Å². The molecule has 3 heteroatoms. The standard InChI is InChI=1S/C18H17NOS/c1-2-20-18(21-14-15-9-5-3-6-10-15)17(13-19)16-11-7-4-8-12-16/h3-12H,2,14H2,1H3/b18-17+. The molecule has 2 rings (SSSR count). The van der Waals surface area contributed by atoms with Crippen LogP contribution in [0.15, 0.2) is 65.8 Å². The zero-order chi connectivity index (χ0) is 14.9. The summed E-state index contributed by atoms with van der Waals surface area (Å²) in [6.07, 6.45) is 0. The molecule has 0 radical (unpaired) electrons. The minimum absolute atomic E-state index is 0.551. The summed E-state index contributed by atoms with van der Waals surface area (Å²) in [5.74, 6) is 0.786. The third-order valence-electron chi connectivity index (χ3n) is 2.87. The number of rotatable bonds is 6. The fourth-order valence-electron chi connectivity index (χ4n) is 1.87. The Morgan fingerprint density at radius 1 is 1.05 bits per heavy atom. The fraction of sp³-hybridized carbons (Fsp3) is 0.167. The van der Waals surface area contributed by atoms with Crippen LogP contribution in [0.3, 0.4) is 0 Å². The van der Waals surface area contributed by atoms with Crippen molar-refractivity contribution in [3.05, 3.63) is 76.9 Å². The highest BCUT2D eigenvalue weighted by Gasteiger charge is 2.11. The van der Waals surface area contributed by atoms with Crippen LogP contribution in [-0.2, 0) is 10.5 Å². The number of allylic oxidation sites excluding steroid dienone is 1. The van der Waals surface area contributed by atoms with E-state index >= 15 is 0 Å². The smallest absolute Gasteiger partial charge is 0.171 e. The summed E-state index contributed by atoms with van der Waals surface area (Å²) in [6.45, 7) is 2.48. The van der Waals surface area contributed by atoms with Crippen LogP contribution in [0.4, 0.5) is 0 Å². The molecule has 0 heterocycles. The first-order valence-corrected chi connectivity index (χ1v) is 7.83. The largest absolute Gasteiger partial charge is 0.486 e. The van der Waals surface area contributed by atoms with Gasteiger partial charge in [-0.25, -0.2) is 0 Å². The van der Waals surface area contributed by atoms with Gasteiger partial charge >= 0.3 is 0 Å². The van der Waals surface area contributed by atoms with Gasteiger partial charge in [-0.1, -0.05) is 72.4 Å². The Bertz CT molecular complexity index is 629. The first-order chi connectivity index (χ1) is 10.3. The van der Waals surface area contributed by atoms with E-state index in [-0.39, 0.29) is 0 Å². The van der Waals surface area contributed by atoms with E-state index < -0.39 is 0 Å². The topological polar surface area (TPSA) is 33.0 Å². The number of hydrogen-bond donors (Lipinski definition) is 0. The van der Waals surface area contributed by atoms with E-state index in [0.717, 1.165) is 11.3 Å². The quantitative estimate of drug-likeness (QED) is 0.564. The summed E-state index contributed by atoms with van der Waals surface area (Å²) < 4.78 is 5.69. The lowest BCUT2D eigenvalue weighted by Gasteiger charge is -2.11. The van der Waals surface area contributed by atoms with Gasteiger partial charge in [0.2, 0.25) is 0 Å². The number of nitriles is 1. The number of hydrogen-bond acceptors (Lipinski definition) is 3. The monoisotopic (exact) mass is 295 g/mol. The predicted octanol–water partition coefficient (Wildman–Crippen LogP) is 4.85. The van der Waals surface area contributed by atoms with Gasteiger partial charge in [0.1, 0.15) is 11.6 Å². The summed E-state index contributed by atoms with van der Waals surface area (Å²) in [5, 5.41) is 10.2. The first kappa shape index (κ1) is 15.2. The molecule has 106 valence electrons. The van der Waals surface area contributed by atoms with Gasteiger partial charge in [0, 0.05) is 5.75 Å². The van der Waals surface area contributed by atoms with Gasteiger partial charge in [-0.15, -0.1) is 0 Å². The number of nitrogens with zero attached hydrogens (tertiary/aromatic N) is 1. The average molecular weight is 295 g/mol. The van der Waals surface area contributed by atoms with Crippen molar-refractivity contribution in [3.63, 3.8) is 0 Å². The van der Waals surface area contributed by atoms with Crippen molar-refractivity contribution < 1.29 is 4.74 Å². The Labute approximate surface area is 130 Å². The van der Waals surface area contributed by atoms with Crippen LogP contribution in [0, 0.1) is 11.3 Å². The maximum absolute atomic E-state index is 9.47. The summed E-state index contributed by atoms with van der Waals surface area (Å²) in [4.78, 5) is 0. The van der Waals surface area contributed by atoms with Crippen molar-refractivity contribution in [2.45, 2.75) is 12.7 Å². The Kier molecular flexibility index (Phi) is 5.93. The van der Waals surface area contributed by atoms with Crippen molar-refractivity contribution in [3.8, 4) is 6.07 Å². The van der Waals surface area contributed by atoms with Crippen LogP contribution < -0.4 is 0 Å². The van der Waals surface area contributed by atoms with Gasteiger partial charge in [0.25, 0.3) is 0 Å². The van der Waals surface area contributed by atoms with E-state index in [1.165, 1.54) is 5.56 Å². The third kappa shape index (κ3) is 4.40. The van der Waals surface area contributed by atoms with Crippen molar-refractivity contribution in [2.75, 3.05) is 6.61 Å². The van der Waals surface area contributed by atoms with Crippen LogP contribution >= 0.6 is 11.8 Å². The van der Waals surface area contributed by atoms with Crippen LogP contribution in [0.1, 0.15) is 18.1 Å². The van der Waals surface area contributed by atoms with E-state index in [1.807, 2.05) is 55.5 Å². The van der Waals surface area contributed by atoms with E-state index in [9.17, 15) is 5.26 Å². The van der Waals surface area contributed by atoms with Gasteiger partial charge in [-0.2, -0.15) is 5.26 Å². The minimum Gasteiger partial charge on any atom is -0.486 e. The third-order valence-corrected chi connectivity index (χ3v) is 3.93. The van der Waals surface area contributed by atoms with E-state index in [4.69, 9.17) is 4.74 Å². The highest BCUT2D eigenvalue weighted by molar-refractivity contribution is 8.02. The zero-order valence-electron chi connectivity index (χ0n) is 12.0. The Morgan fingerprint density at radius 3 is 2.24 bits per heavy atom. The summed E-state index contributed by atoms with van der Waals surface area (Å²) in [6, 6.07) is 22.1. The average Bonchev–Trinajstić information content (AvgIpc) is 2.55. The molecule has 0 fully saturated rings. The normalized spacial score (nSPS) is 11.4. The number of ether oxygens (including phenoxy) is 1. The molecule has 2 aromatic carbocycles. The first-order valence-electron chi connectivity index (χ1n) is 6.84. The van der Waals surface area contributed by atoms with Gasteiger partial charge in [-0.3, -0.25) is 0 Å². The fourth-order valence-corrected chi connectivity index (χ4v) is 2.87. The molecule has 0 saturated heterocycles. The summed E-state index contributed by atoms with van der Waals surface area (Å²) in [7, 11) is 0. The molecule has 21 heavy (non-hydrogen) atoms. The summed E-state index contributed by atoms with van der Waals surface area (Å²) in [5.41, 5.74) is 2.70. The minimum atomic E-state index is 0.551. The second-order valence-corrected chi connectivity index (χ2v) is 5.30. The SMILES string of the molecule is CCO/C(SCc1ccccc1)=C(/C#N)c1ccccc1. The van der Waals surface area contributed by atoms with Crippen molar-refractivity contribution >= 4 is 17.3 Å². The predicted molar refractivity (Wildman–Crippen MR) is 88.3 cm³/mol. The van der Waals surface area contributed by atoms with Crippen LogP contribution in [0.25, 0.3) is 5.57 Å². The molecule has 0 aromatic heterocycles. The zero-order valence-corrected chi connectivity index (χ0v) is 12.8. The molecule has 0 unspecified atom stereocenters. The van der Waals surface area contributed by atoms with Crippen LogP contribution in [0.2, 0.25) is 0 Å². The molecular weight excluding hydrogens is 278 g/mol. The lowest BCUT2D eigenvalue weighted by atomic mass is 10.1. The van der Waals surface area contributed by atoms with E-state index in [2.05, 4.69) is 18.2 Å². The van der Waals surface area contributed by atoms with Crippen molar-refractivity contribution in [1.82, 2.24) is 0 Å². The van der Waals surface area contributed by atoms with Gasteiger partial charge in [0.05, 0.1) is 6.61 Å². The molecule has 0 bridgehead atoms. The Morgan fingerprint density at radius 2 is 1.67 bits per heavy atom. The van der Waals surface area contributed by atoms with Crippen LogP contribution in [0.5, 0.6) is 0 Å². The lowest BCUT2D eigenvalue weighted by Crippen LogP contribution is -1.94. The second kappa shape index (κ2) is 8.18. The molecule has 0 amide bonds.